The molecule has 24 heavy (non-hydrogen) atoms. The third-order valence-electron chi connectivity index (χ3n) is 2.93. The van der Waals surface area contributed by atoms with Crippen LogP contribution >= 0.6 is 23.2 Å². The first-order chi connectivity index (χ1) is 11.5. The third-order valence-corrected chi connectivity index (χ3v) is 3.50. The molecular formula is C17H15Cl2NO4. The van der Waals surface area contributed by atoms with Gasteiger partial charge in [-0.2, -0.15) is 0 Å². The molecule has 0 radical (unpaired) electrons. The van der Waals surface area contributed by atoms with Gasteiger partial charge in [0.15, 0.2) is 6.61 Å². The second-order valence-corrected chi connectivity index (χ2v) is 5.55. The van der Waals surface area contributed by atoms with Gasteiger partial charge in [-0.05, 0) is 49.4 Å². The molecule has 0 saturated carbocycles. The molecule has 7 heteroatoms. The van der Waals surface area contributed by atoms with E-state index < -0.39 is 5.97 Å². The van der Waals surface area contributed by atoms with Crippen LogP contribution in [-0.2, 0) is 9.53 Å². The van der Waals surface area contributed by atoms with Gasteiger partial charge in [-0.25, -0.2) is 4.79 Å². The highest BCUT2D eigenvalue weighted by atomic mass is 35.5. The molecular weight excluding hydrogens is 353 g/mol. The van der Waals surface area contributed by atoms with Gasteiger partial charge in [-0.15, -0.1) is 0 Å². The molecule has 0 aliphatic carbocycles. The van der Waals surface area contributed by atoms with E-state index in [0.717, 1.165) is 0 Å². The van der Waals surface area contributed by atoms with E-state index in [9.17, 15) is 9.59 Å². The molecule has 2 aromatic rings. The van der Waals surface area contributed by atoms with Crippen molar-refractivity contribution in [1.29, 1.82) is 0 Å². The summed E-state index contributed by atoms with van der Waals surface area (Å²) < 4.78 is 10.2. The summed E-state index contributed by atoms with van der Waals surface area (Å²) in [5, 5.41) is 3.42. The molecule has 0 aliphatic rings. The maximum atomic E-state index is 11.9. The number of esters is 1. The van der Waals surface area contributed by atoms with Crippen LogP contribution in [0.25, 0.3) is 0 Å². The van der Waals surface area contributed by atoms with E-state index in [2.05, 4.69) is 5.32 Å². The second kappa shape index (κ2) is 8.57. The lowest BCUT2D eigenvalue weighted by Crippen LogP contribution is -2.20. The highest BCUT2D eigenvalue weighted by molar-refractivity contribution is 6.34. The van der Waals surface area contributed by atoms with Crippen LogP contribution in [0.3, 0.4) is 0 Å². The number of amides is 1. The quantitative estimate of drug-likeness (QED) is 0.777. The molecule has 0 heterocycles. The molecule has 0 saturated heterocycles. The van der Waals surface area contributed by atoms with E-state index in [0.29, 0.717) is 16.5 Å². The average Bonchev–Trinajstić information content (AvgIpc) is 2.54. The number of rotatable bonds is 6. The van der Waals surface area contributed by atoms with Gasteiger partial charge in [-0.1, -0.05) is 23.2 Å². The van der Waals surface area contributed by atoms with Crippen LogP contribution in [0.15, 0.2) is 42.5 Å². The monoisotopic (exact) mass is 367 g/mol. The lowest BCUT2D eigenvalue weighted by molar-refractivity contribution is -0.118. The average molecular weight is 368 g/mol. The zero-order valence-electron chi connectivity index (χ0n) is 12.8. The number of hydrogen-bond donors (Lipinski definition) is 1. The molecule has 5 nitrogen and oxygen atoms in total. The van der Waals surface area contributed by atoms with E-state index in [1.807, 2.05) is 0 Å². The van der Waals surface area contributed by atoms with E-state index in [1.165, 1.54) is 12.1 Å². The van der Waals surface area contributed by atoms with Crippen LogP contribution in [0.2, 0.25) is 10.0 Å². The Morgan fingerprint density at radius 3 is 2.42 bits per heavy atom. The maximum absolute atomic E-state index is 11.9. The molecule has 0 spiro atoms. The Morgan fingerprint density at radius 1 is 1.08 bits per heavy atom. The van der Waals surface area contributed by atoms with Crippen LogP contribution in [-0.4, -0.2) is 25.1 Å². The molecule has 126 valence electrons. The molecule has 0 aliphatic heterocycles. The Kier molecular flexibility index (Phi) is 6.46. The van der Waals surface area contributed by atoms with Crippen LogP contribution in [0.4, 0.5) is 5.69 Å². The zero-order valence-corrected chi connectivity index (χ0v) is 14.4. The van der Waals surface area contributed by atoms with Crippen molar-refractivity contribution in [2.45, 2.75) is 6.92 Å². The third kappa shape index (κ3) is 5.15. The fourth-order valence-corrected chi connectivity index (χ4v) is 2.23. The second-order valence-electron chi connectivity index (χ2n) is 4.71. The van der Waals surface area contributed by atoms with Crippen molar-refractivity contribution in [3.05, 3.63) is 58.1 Å². The van der Waals surface area contributed by atoms with Crippen molar-refractivity contribution in [2.24, 2.45) is 0 Å². The first-order valence-electron chi connectivity index (χ1n) is 7.14. The molecule has 0 unspecified atom stereocenters. The Labute approximate surface area is 149 Å². The summed E-state index contributed by atoms with van der Waals surface area (Å²) >= 11 is 11.8. The summed E-state index contributed by atoms with van der Waals surface area (Å²) in [6.45, 7) is 1.80. The largest absolute Gasteiger partial charge is 0.484 e. The van der Waals surface area contributed by atoms with Gasteiger partial charge in [0.2, 0.25) is 0 Å². The predicted molar refractivity (Wildman–Crippen MR) is 93.0 cm³/mol. The number of halogens is 2. The number of anilines is 1. The van der Waals surface area contributed by atoms with Gasteiger partial charge in [0, 0.05) is 10.7 Å². The molecule has 1 N–H and O–H groups in total. The summed E-state index contributed by atoms with van der Waals surface area (Å²) in [5.41, 5.74) is 0.701. The summed E-state index contributed by atoms with van der Waals surface area (Å²) in [6.07, 6.45) is 0. The molecule has 1 amide bonds. The van der Waals surface area contributed by atoms with Crippen molar-refractivity contribution in [1.82, 2.24) is 0 Å². The lowest BCUT2D eigenvalue weighted by atomic mass is 10.2. The van der Waals surface area contributed by atoms with E-state index in [1.54, 1.807) is 37.3 Å². The fourth-order valence-electron chi connectivity index (χ4n) is 1.84. The molecule has 0 bridgehead atoms. The van der Waals surface area contributed by atoms with E-state index in [4.69, 9.17) is 32.7 Å². The fraction of sp³-hybridized carbons (Fsp3) is 0.176. The molecule has 2 aromatic carbocycles. The van der Waals surface area contributed by atoms with Crippen LogP contribution < -0.4 is 10.1 Å². The number of nitrogens with one attached hydrogen (secondary N) is 1. The van der Waals surface area contributed by atoms with E-state index in [-0.39, 0.29) is 29.7 Å². The van der Waals surface area contributed by atoms with Gasteiger partial charge in [-0.3, -0.25) is 4.79 Å². The highest BCUT2D eigenvalue weighted by Crippen LogP contribution is 2.22. The number of hydrogen-bond acceptors (Lipinski definition) is 4. The first-order valence-corrected chi connectivity index (χ1v) is 7.90. The van der Waals surface area contributed by atoms with Gasteiger partial charge in [0.1, 0.15) is 5.75 Å². The smallest absolute Gasteiger partial charge is 0.339 e. The zero-order chi connectivity index (χ0) is 17.5. The summed E-state index contributed by atoms with van der Waals surface area (Å²) in [6, 6.07) is 11.2. The molecule has 2 rings (SSSR count). The van der Waals surface area contributed by atoms with Crippen LogP contribution in [0.5, 0.6) is 5.75 Å². The summed E-state index contributed by atoms with van der Waals surface area (Å²) in [4.78, 5) is 23.5. The Bertz CT molecular complexity index is 732. The van der Waals surface area contributed by atoms with Crippen molar-refractivity contribution in [3.8, 4) is 5.75 Å². The van der Waals surface area contributed by atoms with Gasteiger partial charge < -0.3 is 14.8 Å². The maximum Gasteiger partial charge on any atom is 0.339 e. The lowest BCUT2D eigenvalue weighted by Gasteiger charge is -2.09. The van der Waals surface area contributed by atoms with Crippen molar-refractivity contribution in [3.63, 3.8) is 0 Å². The van der Waals surface area contributed by atoms with Crippen molar-refractivity contribution in [2.75, 3.05) is 18.5 Å². The molecule has 0 atom stereocenters. The van der Waals surface area contributed by atoms with Gasteiger partial charge >= 0.3 is 5.97 Å². The number of benzene rings is 2. The van der Waals surface area contributed by atoms with Crippen LogP contribution in [0, 0.1) is 0 Å². The van der Waals surface area contributed by atoms with Crippen molar-refractivity contribution < 1.29 is 19.1 Å². The minimum absolute atomic E-state index is 0.168. The standard InChI is InChI=1S/C17H15Cl2NO4/c1-2-23-17(22)14-8-5-12(9-15(14)19)20-16(21)10-24-13-6-3-11(18)4-7-13/h3-9H,2,10H2,1H3,(H,20,21). The molecule has 0 fully saturated rings. The SMILES string of the molecule is CCOC(=O)c1ccc(NC(=O)COc2ccc(Cl)cc2)cc1Cl. The Morgan fingerprint density at radius 2 is 1.79 bits per heavy atom. The number of carbonyl (C=O) groups excluding carboxylic acids is 2. The number of ether oxygens (including phenoxy) is 2. The molecule has 0 aromatic heterocycles. The summed E-state index contributed by atoms with van der Waals surface area (Å²) in [5.74, 6) is -0.332. The van der Waals surface area contributed by atoms with Gasteiger partial charge in [0.05, 0.1) is 17.2 Å². The minimum atomic E-state index is -0.508. The van der Waals surface area contributed by atoms with E-state index >= 15 is 0 Å². The first kappa shape index (κ1) is 18.1. The Balaban J connectivity index is 1.93. The predicted octanol–water partition coefficient (Wildman–Crippen LogP) is 4.19. The van der Waals surface area contributed by atoms with Crippen LogP contribution in [0.1, 0.15) is 17.3 Å². The normalized spacial score (nSPS) is 10.1. The van der Waals surface area contributed by atoms with Crippen molar-refractivity contribution >= 4 is 40.8 Å². The Hall–Kier alpha value is -2.24. The van der Waals surface area contributed by atoms with Gasteiger partial charge in [0.25, 0.3) is 5.91 Å². The number of carbonyl (C=O) groups is 2. The minimum Gasteiger partial charge on any atom is -0.484 e. The summed E-state index contributed by atoms with van der Waals surface area (Å²) in [7, 11) is 0. The highest BCUT2D eigenvalue weighted by Gasteiger charge is 2.12. The topological polar surface area (TPSA) is 64.6 Å².